The molecule has 42 heteroatoms. The minimum Gasteiger partial charge on any atom is -0.508 e. The smallest absolute Gasteiger partial charge is 0.335 e. The van der Waals surface area contributed by atoms with E-state index in [-0.39, 0.29) is 47.8 Å². The zero-order chi connectivity index (χ0) is 95.2. The molecule has 714 valence electrons. The maximum Gasteiger partial charge on any atom is 0.335 e. The molecular weight excluding hydrogens is 1780 g/mol. The van der Waals surface area contributed by atoms with Gasteiger partial charge >= 0.3 is 5.97 Å². The van der Waals surface area contributed by atoms with Gasteiger partial charge in [0.05, 0.1) is 16.7 Å². The number of amides is 8. The number of fused-ring (bicyclic) bond motifs is 14. The first-order valence-electron chi connectivity index (χ1n) is 43.8. The van der Waals surface area contributed by atoms with Crippen LogP contribution in [-0.4, -0.2) is 241 Å². The van der Waals surface area contributed by atoms with Crippen molar-refractivity contribution in [1.82, 2.24) is 58.5 Å². The van der Waals surface area contributed by atoms with Crippen LogP contribution in [0.1, 0.15) is 159 Å². The summed E-state index contributed by atoms with van der Waals surface area (Å²) >= 11 is 14.4. The monoisotopic (exact) mass is 1890 g/mol. The van der Waals surface area contributed by atoms with Crippen LogP contribution in [-0.2, 0) is 59.0 Å². The van der Waals surface area contributed by atoms with Crippen LogP contribution in [0.5, 0.6) is 69.0 Å². The molecule has 133 heavy (non-hydrogen) atoms. The standard InChI is InChI=1S/C91H108Cl2N12O28/c1-3-4-5-6-7-8-9-10-14-64(111)100-73-76(114)78(116)81(89(125)126)133-90(73)132-80-61-35-46-36-62(80)129-58-24-19-45(33-53(58)92)74(112)72-88(124)104-70(83(119)98-30-13-29-97-28-12-27-96-26-11-25-94)51-37-47(107)38-60(130-91-79(117)77(115)75(113)63(41-106)131-91)65(51)50-32-43(17-22-55(50)108)68(85(121)105-72)101-86(122)69(46)102-87(123)71-52-39-49(40-57(110)66(52)93)128-59-34-44(18-23-56(59)109)67(95-2)84(120)99-54(82(118)103-71)31-42-15-20-48(127-61)21-16-42/h15-24,32-40,54,63,67-79,81,90-91,95-97,106-110,112-117H,3-14,25-31,41,94H2,1-2H3,(H,98,119)(H,99,120)(H,100,111)(H,101,122)(H,102,123)(H,103,118)(H,104,124)(H,105,121)(H,125,126)/t54-,63-,67-,68-,69-,70-,71+,72+,73-,74-,75-,76-,77+,78+,79+,81+,90-,91+/m1/s1. The number of nitrogens with two attached hydrogens (primary N) is 1. The third-order valence-electron chi connectivity index (χ3n) is 23.6. The highest BCUT2D eigenvalue weighted by Gasteiger charge is 2.52. The number of aromatic hydroxyl groups is 4. The zero-order valence-corrected chi connectivity index (χ0v) is 73.7. The second-order valence-electron chi connectivity index (χ2n) is 33.1. The average Bonchev–Trinajstić information content (AvgIpc) is 0.716. The fourth-order valence-electron chi connectivity index (χ4n) is 16.4. The van der Waals surface area contributed by atoms with E-state index in [0.717, 1.165) is 131 Å². The molecule has 0 saturated carbocycles. The summed E-state index contributed by atoms with van der Waals surface area (Å²) in [5.41, 5.74) is 2.93. The van der Waals surface area contributed by atoms with Gasteiger partial charge in [0.2, 0.25) is 65.6 Å². The number of aliphatic hydroxyl groups excluding tert-OH is 7. The molecule has 8 amide bonds. The van der Waals surface area contributed by atoms with Crippen molar-refractivity contribution in [3.63, 3.8) is 0 Å². The molecule has 0 radical (unpaired) electrons. The summed E-state index contributed by atoms with van der Waals surface area (Å²) in [5, 5.41) is 168. The number of nitrogens with one attached hydrogen (secondary N) is 11. The molecule has 0 spiro atoms. The van der Waals surface area contributed by atoms with Gasteiger partial charge in [-0.25, -0.2) is 4.79 Å². The Labute approximate surface area is 771 Å². The molecule has 18 atom stereocenters. The number of carboxylic acids is 1. The molecule has 0 aliphatic carbocycles. The van der Waals surface area contributed by atoms with E-state index in [1.54, 1.807) is 0 Å². The maximum absolute atomic E-state index is 16.9. The van der Waals surface area contributed by atoms with Crippen LogP contribution < -0.4 is 87.9 Å². The molecule has 8 aliphatic rings. The summed E-state index contributed by atoms with van der Waals surface area (Å²) in [7, 11) is 1.43. The van der Waals surface area contributed by atoms with Crippen molar-refractivity contribution < 1.29 is 138 Å². The Morgan fingerprint density at radius 1 is 0.526 bits per heavy atom. The highest BCUT2D eigenvalue weighted by atomic mass is 35.5. The Bertz CT molecular complexity index is 5410. The molecule has 17 bridgehead atoms. The molecule has 8 aliphatic heterocycles. The van der Waals surface area contributed by atoms with Gasteiger partial charge < -0.3 is 159 Å². The van der Waals surface area contributed by atoms with Crippen LogP contribution >= 0.6 is 23.2 Å². The van der Waals surface area contributed by atoms with Crippen molar-refractivity contribution >= 4 is 76.4 Å². The lowest BCUT2D eigenvalue weighted by atomic mass is 9.89. The van der Waals surface area contributed by atoms with Crippen molar-refractivity contribution in [3.05, 3.63) is 164 Å². The molecule has 2 fully saturated rings. The van der Waals surface area contributed by atoms with Gasteiger partial charge in [-0.3, -0.25) is 38.4 Å². The number of hydrogen-bond acceptors (Lipinski definition) is 31. The first-order chi connectivity index (χ1) is 63.8. The number of hydrogen-bond donors (Lipinski definition) is 24. The predicted octanol–water partition coefficient (Wildman–Crippen LogP) is 3.28. The maximum atomic E-state index is 16.9. The Hall–Kier alpha value is -12.0. The Balaban J connectivity index is 1.02. The fourth-order valence-corrected chi connectivity index (χ4v) is 16.9. The van der Waals surface area contributed by atoms with Crippen molar-refractivity contribution in [3.8, 4) is 80.1 Å². The quantitative estimate of drug-likeness (QED) is 0.0299. The van der Waals surface area contributed by atoms with E-state index < -0.39 is 271 Å². The number of carboxylic acid groups (broad SMARTS) is 1. The number of ether oxygens (including phenoxy) is 7. The summed E-state index contributed by atoms with van der Waals surface area (Å²) < 4.78 is 44.6. The van der Waals surface area contributed by atoms with Gasteiger partial charge in [0.25, 0.3) is 0 Å². The van der Waals surface area contributed by atoms with Gasteiger partial charge in [0.1, 0.15) is 131 Å². The molecule has 7 aromatic carbocycles. The average molecular weight is 1890 g/mol. The minimum absolute atomic E-state index is 0.118. The van der Waals surface area contributed by atoms with Gasteiger partial charge in [-0.2, -0.15) is 0 Å². The number of carbonyl (C=O) groups excluding carboxylic acids is 8. The Morgan fingerprint density at radius 2 is 1.16 bits per heavy atom. The summed E-state index contributed by atoms with van der Waals surface area (Å²) in [5.74, 6) is -18.1. The lowest BCUT2D eigenvalue weighted by Crippen LogP contribution is -2.66. The van der Waals surface area contributed by atoms with Crippen LogP contribution in [0.2, 0.25) is 10.0 Å². The van der Waals surface area contributed by atoms with Gasteiger partial charge in [-0.05, 0) is 172 Å². The highest BCUT2D eigenvalue weighted by Crippen LogP contribution is 2.51. The third kappa shape index (κ3) is 23.3. The predicted molar refractivity (Wildman–Crippen MR) is 473 cm³/mol. The van der Waals surface area contributed by atoms with Crippen LogP contribution in [0, 0.1) is 0 Å². The first-order valence-corrected chi connectivity index (χ1v) is 44.5. The molecule has 0 unspecified atom stereocenters. The first kappa shape index (κ1) is 98.5. The second-order valence-corrected chi connectivity index (χ2v) is 33.8. The van der Waals surface area contributed by atoms with E-state index >= 15 is 28.8 Å². The molecule has 25 N–H and O–H groups in total. The summed E-state index contributed by atoms with van der Waals surface area (Å²) in [6.07, 6.45) is -13.3. The zero-order valence-electron chi connectivity index (χ0n) is 72.2. The lowest BCUT2D eigenvalue weighted by molar-refractivity contribution is -0.277. The SMILES string of the molecule is CCCCCCCCCCC(=O)N[C@H]1[C@H](Oc2c3cc4cc2Oc2ccc(cc2Cl)[C@@H](O)[C@@H]2NC(=O)[C@H](NC(=O)[C@@H]4NC(=O)[C@H]4NC(=O)[C@@H](Cc5ccc(cc5)O3)NC(=O)[C@H](NC)c3ccc(O)c(c3)Oc3cc(O)c(Cl)c4c3)c3ccc(O)c(c3)-c3c(O[C@H]4O[C@H](CO)[C@@H](O)[C@H](O)[C@@H]4O)cc(O)cc3[C@H](C(=O)NCCCNCCCNCCCN)NC2=O)O[C@H](C(=O)O)[C@@H](O)[C@@H]1O. The largest absolute Gasteiger partial charge is 0.508 e. The number of phenolic OH excluding ortho intramolecular Hbond substituents is 4. The van der Waals surface area contributed by atoms with E-state index in [4.69, 9.17) is 62.1 Å². The number of benzene rings is 7. The Kier molecular flexibility index (Phi) is 33.1. The molecule has 0 aromatic heterocycles. The van der Waals surface area contributed by atoms with Crippen LogP contribution in [0.25, 0.3) is 11.1 Å². The molecular formula is C91H108Cl2N12O28. The summed E-state index contributed by atoms with van der Waals surface area (Å²) in [6.45, 7) is 3.80. The highest BCUT2D eigenvalue weighted by molar-refractivity contribution is 6.33. The Morgan fingerprint density at radius 3 is 1.85 bits per heavy atom. The number of phenols is 4. The third-order valence-corrected chi connectivity index (χ3v) is 24.3. The number of aliphatic hydroxyl groups is 7. The number of likely N-dealkylation sites (N-methyl/N-ethyl adjacent to an activating group) is 1. The lowest BCUT2D eigenvalue weighted by Gasteiger charge is -2.41. The number of carbonyl (C=O) groups is 9. The van der Waals surface area contributed by atoms with Crippen LogP contribution in [0.3, 0.4) is 0 Å². The van der Waals surface area contributed by atoms with Gasteiger partial charge in [0.15, 0.2) is 29.1 Å². The van der Waals surface area contributed by atoms with E-state index in [9.17, 15) is 75.7 Å². The van der Waals surface area contributed by atoms with E-state index in [2.05, 4.69) is 65.4 Å². The molecule has 2 saturated heterocycles. The summed E-state index contributed by atoms with van der Waals surface area (Å²) in [4.78, 5) is 139. The second kappa shape index (κ2) is 44.7. The van der Waals surface area contributed by atoms with Crippen LogP contribution in [0.15, 0.2) is 115 Å². The minimum atomic E-state index is -2.46. The van der Waals surface area contributed by atoms with Crippen LogP contribution in [0.4, 0.5) is 0 Å². The number of halogens is 2. The molecule has 15 rings (SSSR count). The number of unbranched alkanes of at least 4 members (excludes halogenated alkanes) is 7. The van der Waals surface area contributed by atoms with Crippen molar-refractivity contribution in [2.24, 2.45) is 5.73 Å². The van der Waals surface area contributed by atoms with Gasteiger partial charge in [-0.1, -0.05) is 105 Å². The summed E-state index contributed by atoms with van der Waals surface area (Å²) in [6, 6.07) is 5.63. The van der Waals surface area contributed by atoms with Crippen molar-refractivity contribution in [2.75, 3.05) is 52.9 Å². The topological polar surface area (TPSA) is 619 Å². The van der Waals surface area contributed by atoms with Gasteiger partial charge in [-0.15, -0.1) is 0 Å². The van der Waals surface area contributed by atoms with E-state index in [0.29, 0.717) is 44.6 Å². The number of aliphatic carboxylic acids is 1. The normalized spacial score (nSPS) is 25.2. The molecule has 7 aromatic rings. The van der Waals surface area contributed by atoms with E-state index in [1.807, 2.05) is 0 Å². The molecule has 40 nitrogen and oxygen atoms in total. The van der Waals surface area contributed by atoms with E-state index in [1.165, 1.54) is 49.5 Å². The van der Waals surface area contributed by atoms with Crippen molar-refractivity contribution in [1.29, 1.82) is 0 Å². The van der Waals surface area contributed by atoms with Crippen molar-refractivity contribution in [2.45, 2.75) is 200 Å². The fraction of sp³-hybridized carbons (Fsp3) is 0.440. The molecule has 8 heterocycles. The number of rotatable bonds is 29. The van der Waals surface area contributed by atoms with Gasteiger partial charge in [0, 0.05) is 48.2 Å².